The van der Waals surface area contributed by atoms with Crippen molar-refractivity contribution in [3.05, 3.63) is 53.6 Å². The molecular weight excluding hydrogens is 362 g/mol. The SMILES string of the molecule is Cc1ccc(NS(=O)(=O)c2ccc(NS(C)(=O)=O)cc2F)c(F)c1. The van der Waals surface area contributed by atoms with E-state index in [1.165, 1.54) is 12.1 Å². The van der Waals surface area contributed by atoms with E-state index < -0.39 is 36.6 Å². The largest absolute Gasteiger partial charge is 0.284 e. The van der Waals surface area contributed by atoms with Gasteiger partial charge in [-0.3, -0.25) is 9.44 Å². The van der Waals surface area contributed by atoms with Gasteiger partial charge in [-0.05, 0) is 42.8 Å². The Morgan fingerprint density at radius 1 is 0.875 bits per heavy atom. The van der Waals surface area contributed by atoms with Gasteiger partial charge in [-0.15, -0.1) is 0 Å². The molecule has 2 rings (SSSR count). The minimum Gasteiger partial charge on any atom is -0.284 e. The number of nitrogens with one attached hydrogen (secondary N) is 2. The molecule has 0 saturated carbocycles. The van der Waals surface area contributed by atoms with Gasteiger partial charge in [0.15, 0.2) is 0 Å². The Hall–Kier alpha value is -2.20. The molecule has 0 radical (unpaired) electrons. The lowest BCUT2D eigenvalue weighted by Crippen LogP contribution is -2.16. The van der Waals surface area contributed by atoms with Crippen molar-refractivity contribution >= 4 is 31.4 Å². The van der Waals surface area contributed by atoms with Crippen LogP contribution in [-0.2, 0) is 20.0 Å². The third kappa shape index (κ3) is 4.42. The van der Waals surface area contributed by atoms with Gasteiger partial charge < -0.3 is 0 Å². The van der Waals surface area contributed by atoms with Gasteiger partial charge in [-0.2, -0.15) is 0 Å². The van der Waals surface area contributed by atoms with E-state index in [1.54, 1.807) is 6.92 Å². The van der Waals surface area contributed by atoms with Crippen LogP contribution in [0.3, 0.4) is 0 Å². The van der Waals surface area contributed by atoms with Crippen LogP contribution in [0.4, 0.5) is 20.2 Å². The van der Waals surface area contributed by atoms with Crippen molar-refractivity contribution in [1.82, 2.24) is 0 Å². The molecular formula is C14H14F2N2O4S2. The molecule has 0 spiro atoms. The molecule has 0 aliphatic carbocycles. The summed E-state index contributed by atoms with van der Waals surface area (Å²) in [6, 6.07) is 6.55. The van der Waals surface area contributed by atoms with Crippen LogP contribution in [0.1, 0.15) is 5.56 Å². The molecule has 6 nitrogen and oxygen atoms in total. The van der Waals surface area contributed by atoms with E-state index in [1.807, 2.05) is 9.44 Å². The quantitative estimate of drug-likeness (QED) is 0.838. The third-order valence-electron chi connectivity index (χ3n) is 2.89. The molecule has 0 heterocycles. The Morgan fingerprint density at radius 3 is 2.08 bits per heavy atom. The maximum atomic E-state index is 14.0. The molecule has 2 aromatic carbocycles. The molecule has 0 amide bonds. The maximum absolute atomic E-state index is 14.0. The maximum Gasteiger partial charge on any atom is 0.264 e. The lowest BCUT2D eigenvalue weighted by molar-refractivity contribution is 0.570. The highest BCUT2D eigenvalue weighted by atomic mass is 32.2. The molecule has 0 aromatic heterocycles. The lowest BCUT2D eigenvalue weighted by atomic mass is 10.2. The lowest BCUT2D eigenvalue weighted by Gasteiger charge is -2.11. The zero-order chi connectivity index (χ0) is 18.1. The molecule has 0 atom stereocenters. The minimum atomic E-state index is -4.38. The fourth-order valence-corrected chi connectivity index (χ4v) is 3.58. The van der Waals surface area contributed by atoms with Crippen molar-refractivity contribution < 1.29 is 25.6 Å². The van der Waals surface area contributed by atoms with Crippen molar-refractivity contribution in [2.75, 3.05) is 15.7 Å². The van der Waals surface area contributed by atoms with E-state index in [9.17, 15) is 25.6 Å². The highest BCUT2D eigenvalue weighted by Crippen LogP contribution is 2.24. The van der Waals surface area contributed by atoms with Crippen LogP contribution in [0.25, 0.3) is 0 Å². The van der Waals surface area contributed by atoms with Crippen LogP contribution < -0.4 is 9.44 Å². The fraction of sp³-hybridized carbons (Fsp3) is 0.143. The Balaban J connectivity index is 2.35. The topological polar surface area (TPSA) is 92.3 Å². The van der Waals surface area contributed by atoms with Gasteiger partial charge in [0.05, 0.1) is 17.6 Å². The summed E-state index contributed by atoms with van der Waals surface area (Å²) in [7, 11) is -8.01. The van der Waals surface area contributed by atoms with Crippen LogP contribution in [-0.4, -0.2) is 23.1 Å². The summed E-state index contributed by atoms with van der Waals surface area (Å²) in [5, 5.41) is 0. The average molecular weight is 376 g/mol. The molecule has 2 N–H and O–H groups in total. The van der Waals surface area contributed by atoms with Gasteiger partial charge in [-0.1, -0.05) is 6.07 Å². The molecule has 0 unspecified atom stereocenters. The number of sulfonamides is 2. The summed E-state index contributed by atoms with van der Waals surface area (Å²) in [6.45, 7) is 1.63. The minimum absolute atomic E-state index is 0.129. The van der Waals surface area contributed by atoms with Gasteiger partial charge >= 0.3 is 0 Å². The van der Waals surface area contributed by atoms with E-state index >= 15 is 0 Å². The van der Waals surface area contributed by atoms with E-state index in [4.69, 9.17) is 0 Å². The molecule has 0 aliphatic heterocycles. The normalized spacial score (nSPS) is 12.0. The number of rotatable bonds is 5. The summed E-state index contributed by atoms with van der Waals surface area (Å²) in [5.41, 5.74) is 0.145. The number of halogens is 2. The summed E-state index contributed by atoms with van der Waals surface area (Å²) < 4.78 is 78.4. The zero-order valence-corrected chi connectivity index (χ0v) is 14.3. The summed E-state index contributed by atoms with van der Waals surface area (Å²) in [6.07, 6.45) is 0.872. The Kier molecular flexibility index (Phi) is 4.81. The number of benzene rings is 2. The van der Waals surface area contributed by atoms with E-state index in [2.05, 4.69) is 0 Å². The molecule has 0 fully saturated rings. The monoisotopic (exact) mass is 376 g/mol. The first-order chi connectivity index (χ1) is 11.0. The summed E-state index contributed by atoms with van der Waals surface area (Å²) in [5.74, 6) is -1.97. The zero-order valence-electron chi connectivity index (χ0n) is 12.7. The standard InChI is InChI=1S/C14H14F2N2O4S2/c1-9-3-5-13(11(15)7-9)18-24(21,22)14-6-4-10(8-12(14)16)17-23(2,19)20/h3-8,17-18H,1-2H3. The molecule has 0 bridgehead atoms. The number of anilines is 2. The number of aryl methyl sites for hydroxylation is 1. The van der Waals surface area contributed by atoms with Crippen LogP contribution in [0.15, 0.2) is 41.3 Å². The highest BCUT2D eigenvalue weighted by molar-refractivity contribution is 7.92. The summed E-state index contributed by atoms with van der Waals surface area (Å²) in [4.78, 5) is -0.735. The average Bonchev–Trinajstić information content (AvgIpc) is 2.39. The van der Waals surface area contributed by atoms with Crippen LogP contribution >= 0.6 is 0 Å². The molecule has 130 valence electrons. The smallest absolute Gasteiger partial charge is 0.264 e. The third-order valence-corrected chi connectivity index (χ3v) is 4.90. The molecule has 2 aromatic rings. The fourth-order valence-electron chi connectivity index (χ4n) is 1.90. The Morgan fingerprint density at radius 2 is 1.54 bits per heavy atom. The predicted octanol–water partition coefficient (Wildman–Crippen LogP) is 2.45. The number of hydrogen-bond donors (Lipinski definition) is 2. The molecule has 0 aliphatic rings. The second-order valence-corrected chi connectivity index (χ2v) is 8.51. The second kappa shape index (κ2) is 6.36. The van der Waals surface area contributed by atoms with Gasteiger partial charge in [0.2, 0.25) is 10.0 Å². The van der Waals surface area contributed by atoms with Crippen LogP contribution in [0, 0.1) is 18.6 Å². The van der Waals surface area contributed by atoms with Crippen molar-refractivity contribution in [2.24, 2.45) is 0 Å². The van der Waals surface area contributed by atoms with E-state index in [-0.39, 0.29) is 11.4 Å². The van der Waals surface area contributed by atoms with Crippen LogP contribution in [0.5, 0.6) is 0 Å². The Bertz CT molecular complexity index is 990. The molecule has 0 saturated heterocycles. The van der Waals surface area contributed by atoms with Crippen molar-refractivity contribution in [2.45, 2.75) is 11.8 Å². The van der Waals surface area contributed by atoms with Gasteiger partial charge in [0, 0.05) is 0 Å². The molecule has 10 heteroatoms. The first-order valence-corrected chi connectivity index (χ1v) is 9.92. The number of hydrogen-bond acceptors (Lipinski definition) is 4. The summed E-state index contributed by atoms with van der Waals surface area (Å²) >= 11 is 0. The van der Waals surface area contributed by atoms with Gasteiger partial charge in [-0.25, -0.2) is 25.6 Å². The van der Waals surface area contributed by atoms with Gasteiger partial charge in [0.1, 0.15) is 16.5 Å². The first kappa shape index (κ1) is 18.1. The van der Waals surface area contributed by atoms with E-state index in [0.717, 1.165) is 30.5 Å². The highest BCUT2D eigenvalue weighted by Gasteiger charge is 2.21. The van der Waals surface area contributed by atoms with Gasteiger partial charge in [0.25, 0.3) is 10.0 Å². The first-order valence-electron chi connectivity index (χ1n) is 6.54. The van der Waals surface area contributed by atoms with E-state index in [0.29, 0.717) is 5.56 Å². The Labute approximate surface area is 138 Å². The predicted molar refractivity (Wildman–Crippen MR) is 86.8 cm³/mol. The van der Waals surface area contributed by atoms with Crippen molar-refractivity contribution in [1.29, 1.82) is 0 Å². The van der Waals surface area contributed by atoms with Crippen molar-refractivity contribution in [3.8, 4) is 0 Å². The van der Waals surface area contributed by atoms with Crippen LogP contribution in [0.2, 0.25) is 0 Å². The molecule has 24 heavy (non-hydrogen) atoms. The second-order valence-electron chi connectivity index (χ2n) is 5.11. The van der Waals surface area contributed by atoms with Crippen molar-refractivity contribution in [3.63, 3.8) is 0 Å².